The average molecular weight is 292 g/mol. The molecule has 4 aromatic rings. The van der Waals surface area contributed by atoms with Crippen molar-refractivity contribution in [3.63, 3.8) is 0 Å². The number of phenols is 2. The van der Waals surface area contributed by atoms with E-state index in [0.717, 1.165) is 27.4 Å². The van der Waals surface area contributed by atoms with Crippen molar-refractivity contribution in [3.8, 4) is 17.2 Å². The zero-order valence-electron chi connectivity index (χ0n) is 11.9. The van der Waals surface area contributed by atoms with Gasteiger partial charge < -0.3 is 14.9 Å². The molecule has 0 atom stereocenters. The molecule has 0 radical (unpaired) electrons. The third kappa shape index (κ3) is 1.74. The Labute approximate surface area is 126 Å². The van der Waals surface area contributed by atoms with Crippen molar-refractivity contribution in [3.05, 3.63) is 54.9 Å². The summed E-state index contributed by atoms with van der Waals surface area (Å²) in [7, 11) is 1.65. The fourth-order valence-electron chi connectivity index (χ4n) is 2.84. The number of aromatic nitrogens is 1. The molecular formula is C18H14NO3+. The van der Waals surface area contributed by atoms with Crippen LogP contribution in [0.3, 0.4) is 0 Å². The Morgan fingerprint density at radius 3 is 2.55 bits per heavy atom. The fourth-order valence-corrected chi connectivity index (χ4v) is 2.84. The van der Waals surface area contributed by atoms with Crippen LogP contribution in [0.15, 0.2) is 54.9 Å². The maximum Gasteiger partial charge on any atom is 0.219 e. The van der Waals surface area contributed by atoms with Gasteiger partial charge in [0.2, 0.25) is 5.52 Å². The Morgan fingerprint density at radius 2 is 1.73 bits per heavy atom. The topological polar surface area (TPSA) is 53.8 Å². The Hall–Kier alpha value is -3.01. The summed E-state index contributed by atoms with van der Waals surface area (Å²) in [6, 6.07) is 13.2. The van der Waals surface area contributed by atoms with Gasteiger partial charge in [-0.2, -0.15) is 4.40 Å². The van der Waals surface area contributed by atoms with Crippen LogP contribution in [0.4, 0.5) is 0 Å². The highest BCUT2D eigenvalue weighted by molar-refractivity contribution is 5.99. The van der Waals surface area contributed by atoms with Crippen molar-refractivity contribution in [1.29, 1.82) is 0 Å². The molecule has 2 aromatic carbocycles. The predicted molar refractivity (Wildman–Crippen MR) is 84.5 cm³/mol. The minimum atomic E-state index is -0.113. The van der Waals surface area contributed by atoms with Gasteiger partial charge in [-0.15, -0.1) is 0 Å². The second-order valence-electron chi connectivity index (χ2n) is 5.27. The minimum Gasteiger partial charge on any atom is -0.504 e. The summed E-state index contributed by atoms with van der Waals surface area (Å²) < 4.78 is 7.21. The molecule has 4 heteroatoms. The predicted octanol–water partition coefficient (Wildman–Crippen LogP) is 3.15. The fraction of sp³-hybridized carbons (Fsp3) is 0.0556. The van der Waals surface area contributed by atoms with E-state index < -0.39 is 0 Å². The highest BCUT2D eigenvalue weighted by Gasteiger charge is 2.14. The van der Waals surface area contributed by atoms with Gasteiger partial charge in [0.25, 0.3) is 0 Å². The van der Waals surface area contributed by atoms with Gasteiger partial charge in [-0.3, -0.25) is 0 Å². The molecule has 0 aliphatic carbocycles. The highest BCUT2D eigenvalue weighted by atomic mass is 16.5. The Bertz CT molecular complexity index is 1040. The van der Waals surface area contributed by atoms with Crippen LogP contribution >= 0.6 is 0 Å². The minimum absolute atomic E-state index is 0.0956. The van der Waals surface area contributed by atoms with Gasteiger partial charge in [0.1, 0.15) is 5.75 Å². The van der Waals surface area contributed by atoms with Crippen LogP contribution < -0.4 is 9.14 Å². The van der Waals surface area contributed by atoms with Crippen molar-refractivity contribution in [2.75, 3.05) is 7.11 Å². The average Bonchev–Trinajstić information content (AvgIpc) is 2.56. The normalized spacial score (nSPS) is 11.3. The first kappa shape index (κ1) is 12.7. The van der Waals surface area contributed by atoms with Crippen molar-refractivity contribution >= 4 is 27.1 Å². The molecular weight excluding hydrogens is 278 g/mol. The van der Waals surface area contributed by atoms with Gasteiger partial charge in [0.15, 0.2) is 23.9 Å². The standard InChI is InChI=1S/C18H13NO3/c1-22-13-3-4-14-12(8-13)6-7-19-10-15-11(9-16(14)19)2-5-17(20)18(15)21/h2-10,20H,1H3/p+1. The molecule has 0 aliphatic rings. The second kappa shape index (κ2) is 4.49. The molecule has 0 amide bonds. The maximum atomic E-state index is 10.0. The Morgan fingerprint density at radius 1 is 0.909 bits per heavy atom. The molecule has 4 rings (SSSR count). The van der Waals surface area contributed by atoms with E-state index in [2.05, 4.69) is 0 Å². The molecule has 2 heterocycles. The monoisotopic (exact) mass is 292 g/mol. The van der Waals surface area contributed by atoms with Gasteiger partial charge in [-0.1, -0.05) is 0 Å². The number of phenolic OH excluding ortho intramolecular Hbond substituents is 2. The lowest BCUT2D eigenvalue weighted by Gasteiger charge is -2.05. The van der Waals surface area contributed by atoms with Gasteiger partial charge in [0, 0.05) is 12.1 Å². The molecule has 0 fully saturated rings. The van der Waals surface area contributed by atoms with E-state index in [1.165, 1.54) is 6.07 Å². The molecule has 4 nitrogen and oxygen atoms in total. The number of aromatic hydroxyl groups is 2. The summed E-state index contributed by atoms with van der Waals surface area (Å²) in [5.41, 5.74) is 1.03. The summed E-state index contributed by atoms with van der Waals surface area (Å²) in [6.07, 6.45) is 3.75. The van der Waals surface area contributed by atoms with Crippen LogP contribution in [0.5, 0.6) is 17.2 Å². The third-order valence-electron chi connectivity index (χ3n) is 4.02. The Balaban J connectivity index is 2.13. The van der Waals surface area contributed by atoms with Gasteiger partial charge in [-0.25, -0.2) is 0 Å². The molecule has 0 aliphatic heterocycles. The zero-order valence-corrected chi connectivity index (χ0v) is 11.9. The zero-order chi connectivity index (χ0) is 15.3. The summed E-state index contributed by atoms with van der Waals surface area (Å²) in [5.74, 6) is 0.611. The summed E-state index contributed by atoms with van der Waals surface area (Å²) in [6.45, 7) is 0. The number of fused-ring (bicyclic) bond motifs is 4. The molecule has 2 aromatic heterocycles. The molecule has 0 saturated heterocycles. The largest absolute Gasteiger partial charge is 0.504 e. The SMILES string of the molecule is COc1ccc2c(cc[n+]3cc4c(O)c(O)ccc4cc23)c1. The van der Waals surface area contributed by atoms with Crippen molar-refractivity contribution < 1.29 is 19.4 Å². The summed E-state index contributed by atoms with van der Waals surface area (Å²) >= 11 is 0. The van der Waals surface area contributed by atoms with Crippen LogP contribution in [0.1, 0.15) is 0 Å². The van der Waals surface area contributed by atoms with E-state index in [-0.39, 0.29) is 11.5 Å². The molecule has 22 heavy (non-hydrogen) atoms. The van der Waals surface area contributed by atoms with E-state index in [0.29, 0.717) is 5.39 Å². The molecule has 108 valence electrons. The number of hydrogen-bond donors (Lipinski definition) is 2. The van der Waals surface area contributed by atoms with Crippen molar-refractivity contribution in [2.24, 2.45) is 0 Å². The Kier molecular flexibility index (Phi) is 2.60. The number of methoxy groups -OCH3 is 1. The van der Waals surface area contributed by atoms with Crippen LogP contribution in [0.2, 0.25) is 0 Å². The quantitative estimate of drug-likeness (QED) is 0.245. The molecule has 0 bridgehead atoms. The van der Waals surface area contributed by atoms with E-state index in [9.17, 15) is 10.2 Å². The molecule has 2 N–H and O–H groups in total. The first-order chi connectivity index (χ1) is 10.7. The van der Waals surface area contributed by atoms with Gasteiger partial charge in [0.05, 0.1) is 17.9 Å². The first-order valence-corrected chi connectivity index (χ1v) is 6.94. The van der Waals surface area contributed by atoms with E-state index >= 15 is 0 Å². The first-order valence-electron chi connectivity index (χ1n) is 6.94. The van der Waals surface area contributed by atoms with Crippen LogP contribution in [-0.4, -0.2) is 17.3 Å². The van der Waals surface area contributed by atoms with E-state index in [1.807, 2.05) is 47.1 Å². The number of pyridine rings is 2. The lowest BCUT2D eigenvalue weighted by Crippen LogP contribution is -2.20. The number of nitrogens with zero attached hydrogens (tertiary/aromatic N) is 1. The second-order valence-corrected chi connectivity index (χ2v) is 5.27. The van der Waals surface area contributed by atoms with Crippen molar-refractivity contribution in [2.45, 2.75) is 0 Å². The lowest BCUT2D eigenvalue weighted by atomic mass is 10.1. The van der Waals surface area contributed by atoms with E-state index in [1.54, 1.807) is 13.2 Å². The smallest absolute Gasteiger partial charge is 0.219 e. The molecule has 0 saturated carbocycles. The highest BCUT2D eigenvalue weighted by Crippen LogP contribution is 2.33. The summed E-state index contributed by atoms with van der Waals surface area (Å²) in [5, 5.41) is 23.3. The maximum absolute atomic E-state index is 10.0. The number of hydrogen-bond acceptors (Lipinski definition) is 3. The number of ether oxygens (including phenoxy) is 1. The van der Waals surface area contributed by atoms with Crippen LogP contribution in [0.25, 0.3) is 27.1 Å². The number of rotatable bonds is 1. The van der Waals surface area contributed by atoms with E-state index in [4.69, 9.17) is 4.74 Å². The summed E-state index contributed by atoms with van der Waals surface area (Å²) in [4.78, 5) is 0. The molecule has 0 unspecified atom stereocenters. The molecule has 0 spiro atoms. The van der Waals surface area contributed by atoms with Crippen LogP contribution in [-0.2, 0) is 0 Å². The van der Waals surface area contributed by atoms with Crippen LogP contribution in [0, 0.1) is 0 Å². The lowest BCUT2D eigenvalue weighted by molar-refractivity contribution is -0.509. The number of benzene rings is 2. The van der Waals surface area contributed by atoms with Gasteiger partial charge in [-0.05, 0) is 41.1 Å². The van der Waals surface area contributed by atoms with Gasteiger partial charge >= 0.3 is 0 Å². The van der Waals surface area contributed by atoms with Crippen molar-refractivity contribution in [1.82, 2.24) is 0 Å². The third-order valence-corrected chi connectivity index (χ3v) is 4.02.